The number of nitrogen functional groups attached to an aromatic ring is 1. The molecular formula is C11H18N4OS2. The van der Waals surface area contributed by atoms with Gasteiger partial charge in [0.1, 0.15) is 10.7 Å². The minimum absolute atomic E-state index is 0.00569. The molecule has 1 amide bonds. The van der Waals surface area contributed by atoms with Gasteiger partial charge in [0.15, 0.2) is 5.13 Å². The van der Waals surface area contributed by atoms with Crippen LogP contribution in [0.25, 0.3) is 0 Å². The highest BCUT2D eigenvalue weighted by Gasteiger charge is 2.31. The number of thiazole rings is 1. The van der Waals surface area contributed by atoms with Gasteiger partial charge in [0.25, 0.3) is 5.91 Å². The Labute approximate surface area is 115 Å². The third-order valence-electron chi connectivity index (χ3n) is 3.21. The predicted molar refractivity (Wildman–Crippen MR) is 78.5 cm³/mol. The van der Waals surface area contributed by atoms with E-state index in [9.17, 15) is 4.79 Å². The third kappa shape index (κ3) is 2.42. The average Bonchev–Trinajstić information content (AvgIpc) is 2.73. The average molecular weight is 286 g/mol. The summed E-state index contributed by atoms with van der Waals surface area (Å²) in [6.45, 7) is 5.02. The summed E-state index contributed by atoms with van der Waals surface area (Å²) in [4.78, 5) is 19.1. The molecule has 0 saturated carbocycles. The van der Waals surface area contributed by atoms with Crippen LogP contribution in [-0.2, 0) is 0 Å². The normalized spacial score (nSPS) is 24.1. The number of carbonyl (C=O) groups excluding carboxylic acids is 1. The van der Waals surface area contributed by atoms with E-state index in [0.717, 1.165) is 12.3 Å². The van der Waals surface area contributed by atoms with Crippen molar-refractivity contribution in [3.63, 3.8) is 0 Å². The van der Waals surface area contributed by atoms with E-state index >= 15 is 0 Å². The van der Waals surface area contributed by atoms with E-state index in [1.807, 2.05) is 16.7 Å². The van der Waals surface area contributed by atoms with Gasteiger partial charge < -0.3 is 16.0 Å². The Balaban J connectivity index is 2.22. The highest BCUT2D eigenvalue weighted by atomic mass is 32.2. The van der Waals surface area contributed by atoms with E-state index in [1.165, 1.54) is 11.3 Å². The van der Waals surface area contributed by atoms with Gasteiger partial charge in [-0.25, -0.2) is 4.98 Å². The van der Waals surface area contributed by atoms with Gasteiger partial charge >= 0.3 is 0 Å². The highest BCUT2D eigenvalue weighted by molar-refractivity contribution is 8.00. The van der Waals surface area contributed by atoms with E-state index in [4.69, 9.17) is 5.73 Å². The monoisotopic (exact) mass is 286 g/mol. The molecule has 0 aliphatic carbocycles. The SMILES string of the molecule is CNc1nc(N)c(C(=O)N2CCSC(C)C2C)s1. The lowest BCUT2D eigenvalue weighted by Crippen LogP contribution is -2.47. The van der Waals surface area contributed by atoms with Gasteiger partial charge in [-0.1, -0.05) is 18.3 Å². The van der Waals surface area contributed by atoms with Crippen molar-refractivity contribution in [3.05, 3.63) is 4.88 Å². The molecule has 3 N–H and O–H groups in total. The van der Waals surface area contributed by atoms with Gasteiger partial charge in [0, 0.05) is 30.6 Å². The van der Waals surface area contributed by atoms with Crippen LogP contribution >= 0.6 is 23.1 Å². The fourth-order valence-corrected chi connectivity index (χ4v) is 3.84. The molecule has 2 unspecified atom stereocenters. The Morgan fingerprint density at radius 1 is 1.56 bits per heavy atom. The molecule has 0 radical (unpaired) electrons. The third-order valence-corrected chi connectivity index (χ3v) is 5.62. The van der Waals surface area contributed by atoms with E-state index in [-0.39, 0.29) is 11.9 Å². The van der Waals surface area contributed by atoms with E-state index in [1.54, 1.807) is 7.05 Å². The first-order valence-corrected chi connectivity index (χ1v) is 7.77. The maximum atomic E-state index is 12.5. The molecule has 7 heteroatoms. The van der Waals surface area contributed by atoms with Crippen molar-refractivity contribution in [3.8, 4) is 0 Å². The molecule has 1 aromatic rings. The van der Waals surface area contributed by atoms with Crippen LogP contribution in [0.2, 0.25) is 0 Å². The second-order valence-corrected chi connectivity index (χ2v) is 6.78. The number of rotatable bonds is 2. The van der Waals surface area contributed by atoms with Crippen molar-refractivity contribution in [2.24, 2.45) is 0 Å². The second-order valence-electron chi connectivity index (χ2n) is 4.30. The van der Waals surface area contributed by atoms with Crippen molar-refractivity contribution in [2.75, 3.05) is 30.4 Å². The van der Waals surface area contributed by atoms with Crippen LogP contribution in [0.15, 0.2) is 0 Å². The van der Waals surface area contributed by atoms with Gasteiger partial charge in [0.2, 0.25) is 0 Å². The first-order chi connectivity index (χ1) is 8.54. The minimum atomic E-state index is 0.00569. The molecule has 5 nitrogen and oxygen atoms in total. The molecule has 0 aromatic carbocycles. The quantitative estimate of drug-likeness (QED) is 0.866. The van der Waals surface area contributed by atoms with Crippen LogP contribution in [-0.4, -0.2) is 46.4 Å². The highest BCUT2D eigenvalue weighted by Crippen LogP contribution is 2.30. The zero-order valence-electron chi connectivity index (χ0n) is 10.8. The molecule has 2 rings (SSSR count). The topological polar surface area (TPSA) is 71.2 Å². The minimum Gasteiger partial charge on any atom is -0.382 e. The summed E-state index contributed by atoms with van der Waals surface area (Å²) in [6.07, 6.45) is 0. The van der Waals surface area contributed by atoms with Crippen LogP contribution in [0.3, 0.4) is 0 Å². The Morgan fingerprint density at radius 3 is 2.89 bits per heavy atom. The number of carbonyl (C=O) groups is 1. The zero-order valence-corrected chi connectivity index (χ0v) is 12.4. The van der Waals surface area contributed by atoms with Crippen LogP contribution in [0, 0.1) is 0 Å². The summed E-state index contributed by atoms with van der Waals surface area (Å²) in [5.74, 6) is 1.31. The molecule has 0 bridgehead atoms. The molecule has 1 aliphatic rings. The van der Waals surface area contributed by atoms with E-state index in [2.05, 4.69) is 24.1 Å². The van der Waals surface area contributed by atoms with Gasteiger partial charge in [-0.15, -0.1) is 0 Å². The first kappa shape index (κ1) is 13.5. The molecule has 1 saturated heterocycles. The molecule has 100 valence electrons. The van der Waals surface area contributed by atoms with E-state index < -0.39 is 0 Å². The van der Waals surface area contributed by atoms with Gasteiger partial charge in [-0.2, -0.15) is 11.8 Å². The Kier molecular flexibility index (Phi) is 4.01. The van der Waals surface area contributed by atoms with Gasteiger partial charge in [-0.05, 0) is 6.92 Å². The van der Waals surface area contributed by atoms with Crippen molar-refractivity contribution >= 4 is 40.0 Å². The fraction of sp³-hybridized carbons (Fsp3) is 0.636. The molecule has 1 aromatic heterocycles. The summed E-state index contributed by atoms with van der Waals surface area (Å²) < 4.78 is 0. The number of hydrogen-bond acceptors (Lipinski definition) is 6. The largest absolute Gasteiger partial charge is 0.382 e. The number of anilines is 2. The molecule has 2 heterocycles. The lowest BCUT2D eigenvalue weighted by molar-refractivity contribution is 0.0704. The molecule has 18 heavy (non-hydrogen) atoms. The van der Waals surface area contributed by atoms with Gasteiger partial charge in [0.05, 0.1) is 0 Å². The van der Waals surface area contributed by atoms with Crippen molar-refractivity contribution < 1.29 is 4.79 Å². The number of thioether (sulfide) groups is 1. The van der Waals surface area contributed by atoms with Crippen molar-refractivity contribution in [1.82, 2.24) is 9.88 Å². The van der Waals surface area contributed by atoms with Crippen LogP contribution in [0.5, 0.6) is 0 Å². The molecule has 0 spiro atoms. The van der Waals surface area contributed by atoms with Crippen molar-refractivity contribution in [1.29, 1.82) is 0 Å². The smallest absolute Gasteiger partial charge is 0.268 e. The second kappa shape index (κ2) is 5.36. The number of hydrogen-bond donors (Lipinski definition) is 2. The molecule has 1 fully saturated rings. The van der Waals surface area contributed by atoms with Crippen LogP contribution in [0.4, 0.5) is 10.9 Å². The van der Waals surface area contributed by atoms with Crippen LogP contribution in [0.1, 0.15) is 23.5 Å². The molecule has 1 aliphatic heterocycles. The molecular weight excluding hydrogens is 268 g/mol. The number of nitrogens with two attached hydrogens (primary N) is 1. The number of nitrogens with one attached hydrogen (secondary N) is 1. The lowest BCUT2D eigenvalue weighted by Gasteiger charge is -2.37. The van der Waals surface area contributed by atoms with Crippen LogP contribution < -0.4 is 11.1 Å². The summed E-state index contributed by atoms with van der Waals surface area (Å²) >= 11 is 3.23. The zero-order chi connectivity index (χ0) is 13.3. The number of nitrogens with zero attached hydrogens (tertiary/aromatic N) is 2. The van der Waals surface area contributed by atoms with Gasteiger partial charge in [-0.3, -0.25) is 4.79 Å². The first-order valence-electron chi connectivity index (χ1n) is 5.91. The Bertz CT molecular complexity index is 448. The summed E-state index contributed by atoms with van der Waals surface area (Å²) in [6, 6.07) is 0.232. The van der Waals surface area contributed by atoms with E-state index in [0.29, 0.717) is 21.1 Å². The maximum absolute atomic E-state index is 12.5. The summed E-state index contributed by atoms with van der Waals surface area (Å²) in [5.41, 5.74) is 5.81. The fourth-order valence-electron chi connectivity index (χ4n) is 1.94. The number of amides is 1. The predicted octanol–water partition coefficient (Wildman–Crippen LogP) is 1.73. The standard InChI is InChI=1S/C11H18N4OS2/c1-6-7(2)17-5-4-15(6)10(16)8-9(12)14-11(13-3)18-8/h6-7H,4-5,12H2,1-3H3,(H,13,14). The maximum Gasteiger partial charge on any atom is 0.268 e. The summed E-state index contributed by atoms with van der Waals surface area (Å²) in [7, 11) is 1.77. The number of aromatic nitrogens is 1. The molecule has 2 atom stereocenters. The summed E-state index contributed by atoms with van der Waals surface area (Å²) in [5, 5.41) is 4.06. The lowest BCUT2D eigenvalue weighted by atomic mass is 10.2. The van der Waals surface area contributed by atoms with Crippen molar-refractivity contribution in [2.45, 2.75) is 25.1 Å². The Hall–Kier alpha value is -0.950. The Morgan fingerprint density at radius 2 is 2.28 bits per heavy atom.